The standard InChI is InChI=1S/C21H22N4O3/c1-2-25-18-10-9-14(13-16(18)23-20(27)21(25)28)19(26)22-15-7-3-4-8-17(15)24-11-5-6-12-24/h3-4,7-10,13H,2,5-6,11-12H2,1H3,(H,22,26)(H,23,27). The van der Waals surface area contributed by atoms with E-state index in [0.717, 1.165) is 37.3 Å². The molecule has 0 bridgehead atoms. The van der Waals surface area contributed by atoms with E-state index in [1.807, 2.05) is 24.3 Å². The number of aryl methyl sites for hydroxylation is 1. The fraction of sp³-hybridized carbons (Fsp3) is 0.286. The molecular weight excluding hydrogens is 356 g/mol. The predicted molar refractivity (Wildman–Crippen MR) is 110 cm³/mol. The van der Waals surface area contributed by atoms with Gasteiger partial charge in [0, 0.05) is 25.2 Å². The molecule has 0 spiro atoms. The van der Waals surface area contributed by atoms with Crippen molar-refractivity contribution in [1.29, 1.82) is 0 Å². The van der Waals surface area contributed by atoms with Crippen LogP contribution in [-0.2, 0) is 6.54 Å². The Labute approximate surface area is 161 Å². The highest BCUT2D eigenvalue weighted by atomic mass is 16.2. The van der Waals surface area contributed by atoms with Gasteiger partial charge in [0.1, 0.15) is 0 Å². The molecule has 7 nitrogen and oxygen atoms in total. The highest BCUT2D eigenvalue weighted by molar-refractivity contribution is 6.07. The van der Waals surface area contributed by atoms with Gasteiger partial charge in [0.2, 0.25) is 0 Å². The molecule has 2 aromatic carbocycles. The summed E-state index contributed by atoms with van der Waals surface area (Å²) in [5, 5.41) is 2.98. The number of hydrogen-bond acceptors (Lipinski definition) is 4. The van der Waals surface area contributed by atoms with E-state index >= 15 is 0 Å². The van der Waals surface area contributed by atoms with Gasteiger partial charge in [-0.15, -0.1) is 0 Å². The first-order valence-electron chi connectivity index (χ1n) is 9.50. The van der Waals surface area contributed by atoms with Crippen molar-refractivity contribution in [2.75, 3.05) is 23.3 Å². The number of para-hydroxylation sites is 2. The van der Waals surface area contributed by atoms with Gasteiger partial charge in [-0.1, -0.05) is 12.1 Å². The summed E-state index contributed by atoms with van der Waals surface area (Å²) in [6.07, 6.45) is 2.30. The molecule has 1 aromatic heterocycles. The van der Waals surface area contributed by atoms with E-state index in [-0.39, 0.29) is 5.91 Å². The summed E-state index contributed by atoms with van der Waals surface area (Å²) in [5.74, 6) is -0.261. The number of amides is 1. The van der Waals surface area contributed by atoms with Gasteiger partial charge in [-0.25, -0.2) is 0 Å². The average Bonchev–Trinajstić information content (AvgIpc) is 3.23. The number of carbonyl (C=O) groups is 1. The third-order valence-corrected chi connectivity index (χ3v) is 5.15. The number of hydrogen-bond donors (Lipinski definition) is 2. The SMILES string of the molecule is CCn1c(=O)c(=O)[nH]c2cc(C(=O)Nc3ccccc3N3CCCC3)ccc21. The van der Waals surface area contributed by atoms with Crippen LogP contribution in [0.5, 0.6) is 0 Å². The second kappa shape index (κ2) is 7.34. The quantitative estimate of drug-likeness (QED) is 0.683. The molecule has 0 radical (unpaired) electrons. The van der Waals surface area contributed by atoms with Crippen molar-refractivity contribution in [2.45, 2.75) is 26.3 Å². The van der Waals surface area contributed by atoms with Crippen molar-refractivity contribution < 1.29 is 4.79 Å². The monoisotopic (exact) mass is 378 g/mol. The lowest BCUT2D eigenvalue weighted by atomic mass is 10.1. The zero-order valence-electron chi connectivity index (χ0n) is 15.7. The number of aromatic nitrogens is 2. The number of carbonyl (C=O) groups excluding carboxylic acids is 1. The first-order valence-corrected chi connectivity index (χ1v) is 9.50. The maximum atomic E-state index is 12.8. The molecule has 0 unspecified atom stereocenters. The van der Waals surface area contributed by atoms with Gasteiger partial charge in [0.15, 0.2) is 0 Å². The number of rotatable bonds is 4. The van der Waals surface area contributed by atoms with E-state index in [0.29, 0.717) is 23.1 Å². The van der Waals surface area contributed by atoms with E-state index in [9.17, 15) is 14.4 Å². The van der Waals surface area contributed by atoms with Crippen LogP contribution in [0.25, 0.3) is 11.0 Å². The van der Waals surface area contributed by atoms with Crippen LogP contribution in [0.4, 0.5) is 11.4 Å². The molecule has 0 aliphatic carbocycles. The second-order valence-electron chi connectivity index (χ2n) is 6.90. The minimum atomic E-state index is -0.689. The number of nitrogens with one attached hydrogen (secondary N) is 2. The molecule has 1 fully saturated rings. The van der Waals surface area contributed by atoms with Gasteiger partial charge >= 0.3 is 11.1 Å². The smallest absolute Gasteiger partial charge is 0.316 e. The molecule has 2 N–H and O–H groups in total. The molecule has 1 aliphatic heterocycles. The summed E-state index contributed by atoms with van der Waals surface area (Å²) in [6.45, 7) is 4.15. The third-order valence-electron chi connectivity index (χ3n) is 5.15. The minimum absolute atomic E-state index is 0.261. The second-order valence-corrected chi connectivity index (χ2v) is 6.90. The number of fused-ring (bicyclic) bond motifs is 1. The Balaban J connectivity index is 1.68. The van der Waals surface area contributed by atoms with Crippen molar-refractivity contribution in [2.24, 2.45) is 0 Å². The molecule has 4 rings (SSSR count). The third kappa shape index (κ3) is 3.19. The first-order chi connectivity index (χ1) is 13.6. The van der Waals surface area contributed by atoms with Crippen molar-refractivity contribution in [3.05, 3.63) is 68.7 Å². The Hall–Kier alpha value is -3.35. The van der Waals surface area contributed by atoms with Gasteiger partial charge in [0.05, 0.1) is 22.4 Å². The summed E-state index contributed by atoms with van der Waals surface area (Å²) in [7, 11) is 0. The predicted octanol–water partition coefficient (Wildman–Crippen LogP) is 2.56. The van der Waals surface area contributed by atoms with Gasteiger partial charge in [-0.3, -0.25) is 14.4 Å². The molecular formula is C21H22N4O3. The summed E-state index contributed by atoms with van der Waals surface area (Å²) in [5.41, 5.74) is 1.98. The molecule has 0 atom stereocenters. The molecule has 1 aliphatic rings. The Morgan fingerprint density at radius 1 is 1.11 bits per heavy atom. The Morgan fingerprint density at radius 2 is 1.86 bits per heavy atom. The molecule has 2 heterocycles. The molecule has 144 valence electrons. The number of aromatic amines is 1. The van der Waals surface area contributed by atoms with Crippen LogP contribution >= 0.6 is 0 Å². The summed E-state index contributed by atoms with van der Waals surface area (Å²) >= 11 is 0. The van der Waals surface area contributed by atoms with Crippen molar-refractivity contribution in [3.63, 3.8) is 0 Å². The van der Waals surface area contributed by atoms with Crippen molar-refractivity contribution >= 4 is 28.3 Å². The fourth-order valence-corrected chi connectivity index (χ4v) is 3.74. The summed E-state index contributed by atoms with van der Waals surface area (Å²) < 4.78 is 1.40. The molecule has 7 heteroatoms. The number of anilines is 2. The number of benzene rings is 2. The minimum Gasteiger partial charge on any atom is -0.370 e. The van der Waals surface area contributed by atoms with Gasteiger partial charge in [0.25, 0.3) is 5.91 Å². The zero-order valence-corrected chi connectivity index (χ0v) is 15.7. The van der Waals surface area contributed by atoms with E-state index in [4.69, 9.17) is 0 Å². The van der Waals surface area contributed by atoms with Crippen LogP contribution < -0.4 is 21.3 Å². The average molecular weight is 378 g/mol. The van der Waals surface area contributed by atoms with Crippen LogP contribution in [0.15, 0.2) is 52.1 Å². The lowest BCUT2D eigenvalue weighted by Crippen LogP contribution is -2.36. The highest BCUT2D eigenvalue weighted by Crippen LogP contribution is 2.29. The Bertz CT molecular complexity index is 1160. The van der Waals surface area contributed by atoms with Crippen LogP contribution in [0.1, 0.15) is 30.1 Å². The molecule has 28 heavy (non-hydrogen) atoms. The molecule has 1 saturated heterocycles. The lowest BCUT2D eigenvalue weighted by Gasteiger charge is -2.21. The first kappa shape index (κ1) is 18.0. The van der Waals surface area contributed by atoms with Crippen LogP contribution in [0, 0.1) is 0 Å². The zero-order chi connectivity index (χ0) is 19.7. The van der Waals surface area contributed by atoms with Gasteiger partial charge in [-0.05, 0) is 50.1 Å². The van der Waals surface area contributed by atoms with Gasteiger partial charge in [-0.2, -0.15) is 0 Å². The normalized spacial score (nSPS) is 13.8. The van der Waals surface area contributed by atoms with Gasteiger partial charge < -0.3 is 19.8 Å². The van der Waals surface area contributed by atoms with E-state index in [2.05, 4.69) is 15.2 Å². The van der Waals surface area contributed by atoms with E-state index < -0.39 is 11.1 Å². The van der Waals surface area contributed by atoms with E-state index in [1.54, 1.807) is 25.1 Å². The Kier molecular flexibility index (Phi) is 4.73. The largest absolute Gasteiger partial charge is 0.370 e. The lowest BCUT2D eigenvalue weighted by molar-refractivity contribution is 0.102. The Morgan fingerprint density at radius 3 is 2.61 bits per heavy atom. The highest BCUT2D eigenvalue weighted by Gasteiger charge is 2.17. The van der Waals surface area contributed by atoms with E-state index in [1.165, 1.54) is 4.57 Å². The molecule has 1 amide bonds. The fourth-order valence-electron chi connectivity index (χ4n) is 3.74. The molecule has 3 aromatic rings. The van der Waals surface area contributed by atoms with Crippen molar-refractivity contribution in [1.82, 2.24) is 9.55 Å². The molecule has 0 saturated carbocycles. The maximum absolute atomic E-state index is 12.8. The van der Waals surface area contributed by atoms with Crippen molar-refractivity contribution in [3.8, 4) is 0 Å². The maximum Gasteiger partial charge on any atom is 0.316 e. The van der Waals surface area contributed by atoms with Crippen LogP contribution in [-0.4, -0.2) is 28.5 Å². The summed E-state index contributed by atoms with van der Waals surface area (Å²) in [4.78, 5) is 41.5. The van der Waals surface area contributed by atoms with Crippen LogP contribution in [0.2, 0.25) is 0 Å². The number of H-pyrrole nitrogens is 1. The number of nitrogens with zero attached hydrogens (tertiary/aromatic N) is 2. The summed E-state index contributed by atoms with van der Waals surface area (Å²) in [6, 6.07) is 12.7. The topological polar surface area (TPSA) is 87.2 Å². The van der Waals surface area contributed by atoms with Crippen LogP contribution in [0.3, 0.4) is 0 Å².